The van der Waals surface area contributed by atoms with E-state index in [0.29, 0.717) is 27.8 Å². The van der Waals surface area contributed by atoms with Gasteiger partial charge in [-0.2, -0.15) is 0 Å². The number of hydrogen-bond donors (Lipinski definition) is 1. The minimum absolute atomic E-state index is 0.446. The molecule has 2 rings (SSSR count). The van der Waals surface area contributed by atoms with Gasteiger partial charge in [-0.3, -0.25) is 4.79 Å². The number of carbonyl (C=O) groups is 2. The van der Waals surface area contributed by atoms with E-state index < -0.39 is 18.0 Å². The third-order valence-corrected chi connectivity index (χ3v) is 3.86. The molecule has 7 heteroatoms. The smallest absolute Gasteiger partial charge is 0.331 e. The van der Waals surface area contributed by atoms with Crippen LogP contribution in [-0.2, 0) is 14.3 Å². The van der Waals surface area contributed by atoms with Crippen LogP contribution in [0.3, 0.4) is 0 Å². The Morgan fingerprint density at radius 1 is 1.07 bits per heavy atom. The van der Waals surface area contributed by atoms with Gasteiger partial charge in [-0.15, -0.1) is 0 Å². The molecule has 0 saturated heterocycles. The Kier molecular flexibility index (Phi) is 7.25. The van der Waals surface area contributed by atoms with E-state index in [0.717, 1.165) is 0 Å². The van der Waals surface area contributed by atoms with Crippen LogP contribution < -0.4 is 14.8 Å². The first-order chi connectivity index (χ1) is 12.9. The zero-order valence-electron chi connectivity index (χ0n) is 15.2. The van der Waals surface area contributed by atoms with Gasteiger partial charge in [0, 0.05) is 22.3 Å². The molecule has 0 aliphatic carbocycles. The van der Waals surface area contributed by atoms with E-state index >= 15 is 0 Å². The Labute approximate surface area is 162 Å². The van der Waals surface area contributed by atoms with Crippen molar-refractivity contribution in [2.45, 2.75) is 13.0 Å². The summed E-state index contributed by atoms with van der Waals surface area (Å²) >= 11 is 5.80. The summed E-state index contributed by atoms with van der Waals surface area (Å²) in [5, 5.41) is 3.21. The molecule has 0 radical (unpaired) electrons. The zero-order chi connectivity index (χ0) is 19.8. The van der Waals surface area contributed by atoms with Crippen molar-refractivity contribution in [3.05, 3.63) is 59.1 Å². The van der Waals surface area contributed by atoms with E-state index in [9.17, 15) is 9.59 Å². The number of anilines is 1. The molecule has 0 spiro atoms. The molecule has 2 aromatic rings. The zero-order valence-corrected chi connectivity index (χ0v) is 15.9. The summed E-state index contributed by atoms with van der Waals surface area (Å²) in [6, 6.07) is 11.8. The van der Waals surface area contributed by atoms with Gasteiger partial charge in [-0.05, 0) is 55.5 Å². The highest BCUT2D eigenvalue weighted by Gasteiger charge is 2.16. The van der Waals surface area contributed by atoms with Crippen molar-refractivity contribution in [2.24, 2.45) is 0 Å². The van der Waals surface area contributed by atoms with Crippen LogP contribution in [0.4, 0.5) is 5.69 Å². The van der Waals surface area contributed by atoms with Crippen LogP contribution in [0.25, 0.3) is 6.08 Å². The number of benzene rings is 2. The summed E-state index contributed by atoms with van der Waals surface area (Å²) < 4.78 is 15.5. The summed E-state index contributed by atoms with van der Waals surface area (Å²) in [7, 11) is 3.07. The van der Waals surface area contributed by atoms with Gasteiger partial charge in [0.05, 0.1) is 14.2 Å². The summed E-state index contributed by atoms with van der Waals surface area (Å²) in [5.74, 6) is 0.101. The molecule has 0 aromatic heterocycles. The van der Waals surface area contributed by atoms with Crippen LogP contribution >= 0.6 is 11.6 Å². The summed E-state index contributed by atoms with van der Waals surface area (Å²) in [6.45, 7) is 1.49. The van der Waals surface area contributed by atoms with Crippen LogP contribution in [0.2, 0.25) is 5.02 Å². The van der Waals surface area contributed by atoms with Crippen LogP contribution in [0.15, 0.2) is 48.5 Å². The second-order valence-corrected chi connectivity index (χ2v) is 5.95. The summed E-state index contributed by atoms with van der Waals surface area (Å²) in [5.41, 5.74) is 1.20. The van der Waals surface area contributed by atoms with E-state index in [-0.39, 0.29) is 0 Å². The number of ether oxygens (including phenoxy) is 3. The minimum Gasteiger partial charge on any atom is -0.497 e. The fraction of sp³-hybridized carbons (Fsp3) is 0.200. The topological polar surface area (TPSA) is 73.9 Å². The number of halogens is 1. The van der Waals surface area contributed by atoms with Crippen molar-refractivity contribution in [3.8, 4) is 11.5 Å². The Bertz CT molecular complexity index is 833. The molecule has 1 amide bonds. The quantitative estimate of drug-likeness (QED) is 0.573. The molecule has 1 atom stereocenters. The first-order valence-electron chi connectivity index (χ1n) is 8.10. The van der Waals surface area contributed by atoms with Gasteiger partial charge in [0.25, 0.3) is 5.91 Å². The number of hydrogen-bond acceptors (Lipinski definition) is 5. The monoisotopic (exact) mass is 389 g/mol. The van der Waals surface area contributed by atoms with Crippen molar-refractivity contribution < 1.29 is 23.8 Å². The Hall–Kier alpha value is -2.99. The van der Waals surface area contributed by atoms with Gasteiger partial charge in [0.1, 0.15) is 11.5 Å². The van der Waals surface area contributed by atoms with Crippen molar-refractivity contribution >= 4 is 35.2 Å². The van der Waals surface area contributed by atoms with Gasteiger partial charge < -0.3 is 19.5 Å². The standard InChI is InChI=1S/C20H20ClNO5/c1-13(20(24)22-16-7-5-15(21)6-8-16)27-19(23)11-4-14-12-17(25-2)9-10-18(14)26-3/h4-13H,1-3H3,(H,22,24)/b11-4+/t13-/m1/s1. The molecule has 0 unspecified atom stereocenters. The highest BCUT2D eigenvalue weighted by Crippen LogP contribution is 2.25. The fourth-order valence-corrected chi connectivity index (χ4v) is 2.30. The number of carbonyl (C=O) groups excluding carboxylic acids is 2. The van der Waals surface area contributed by atoms with Gasteiger partial charge in [0.15, 0.2) is 6.10 Å². The molecule has 142 valence electrons. The molecule has 27 heavy (non-hydrogen) atoms. The molecule has 6 nitrogen and oxygen atoms in total. The van der Waals surface area contributed by atoms with Gasteiger partial charge in [-0.25, -0.2) is 4.79 Å². The lowest BCUT2D eigenvalue weighted by atomic mass is 10.1. The first kappa shape index (κ1) is 20.3. The Morgan fingerprint density at radius 3 is 2.41 bits per heavy atom. The molecular formula is C20H20ClNO5. The summed E-state index contributed by atoms with van der Waals surface area (Å²) in [6.07, 6.45) is 1.79. The maximum atomic E-state index is 12.1. The normalized spacial score (nSPS) is 11.7. The van der Waals surface area contributed by atoms with Crippen molar-refractivity contribution in [1.29, 1.82) is 0 Å². The molecular weight excluding hydrogens is 370 g/mol. The molecule has 0 aliphatic rings. The number of esters is 1. The first-order valence-corrected chi connectivity index (χ1v) is 8.48. The van der Waals surface area contributed by atoms with Crippen LogP contribution in [-0.4, -0.2) is 32.2 Å². The third kappa shape index (κ3) is 6.04. The number of nitrogens with one attached hydrogen (secondary N) is 1. The third-order valence-electron chi connectivity index (χ3n) is 3.61. The molecule has 1 N–H and O–H groups in total. The van der Waals surface area contributed by atoms with E-state index in [1.165, 1.54) is 26.2 Å². The van der Waals surface area contributed by atoms with Gasteiger partial charge >= 0.3 is 5.97 Å². The van der Waals surface area contributed by atoms with Gasteiger partial charge in [0.2, 0.25) is 0 Å². The Balaban J connectivity index is 1.97. The van der Waals surface area contributed by atoms with Crippen LogP contribution in [0.1, 0.15) is 12.5 Å². The van der Waals surface area contributed by atoms with Crippen molar-refractivity contribution in [2.75, 3.05) is 19.5 Å². The molecule has 0 fully saturated rings. The predicted octanol–water partition coefficient (Wildman–Crippen LogP) is 3.94. The van der Waals surface area contributed by atoms with Crippen LogP contribution in [0, 0.1) is 0 Å². The second kappa shape index (κ2) is 9.64. The summed E-state index contributed by atoms with van der Waals surface area (Å²) in [4.78, 5) is 24.1. The van der Waals surface area contributed by atoms with E-state index in [2.05, 4.69) is 5.32 Å². The molecule has 0 bridgehead atoms. The largest absolute Gasteiger partial charge is 0.497 e. The number of rotatable bonds is 7. The van der Waals surface area contributed by atoms with E-state index in [4.69, 9.17) is 25.8 Å². The Morgan fingerprint density at radius 2 is 1.78 bits per heavy atom. The lowest BCUT2D eigenvalue weighted by Crippen LogP contribution is -2.29. The highest BCUT2D eigenvalue weighted by atomic mass is 35.5. The number of methoxy groups -OCH3 is 2. The van der Waals surface area contributed by atoms with Crippen LogP contribution in [0.5, 0.6) is 11.5 Å². The number of amides is 1. The predicted molar refractivity (Wildman–Crippen MR) is 104 cm³/mol. The lowest BCUT2D eigenvalue weighted by Gasteiger charge is -2.12. The second-order valence-electron chi connectivity index (χ2n) is 5.52. The molecule has 0 saturated carbocycles. The van der Waals surface area contributed by atoms with E-state index in [1.807, 2.05) is 0 Å². The minimum atomic E-state index is -0.968. The fourth-order valence-electron chi connectivity index (χ4n) is 2.17. The van der Waals surface area contributed by atoms with E-state index in [1.54, 1.807) is 49.6 Å². The maximum absolute atomic E-state index is 12.1. The van der Waals surface area contributed by atoms with Crippen molar-refractivity contribution in [1.82, 2.24) is 0 Å². The average Bonchev–Trinajstić information content (AvgIpc) is 2.67. The highest BCUT2D eigenvalue weighted by molar-refractivity contribution is 6.30. The average molecular weight is 390 g/mol. The molecule has 2 aromatic carbocycles. The maximum Gasteiger partial charge on any atom is 0.331 e. The molecule has 0 aliphatic heterocycles. The van der Waals surface area contributed by atoms with Gasteiger partial charge in [-0.1, -0.05) is 11.6 Å². The van der Waals surface area contributed by atoms with Crippen molar-refractivity contribution in [3.63, 3.8) is 0 Å². The molecule has 0 heterocycles. The SMILES string of the molecule is COc1ccc(OC)c(/C=C/C(=O)O[C@H](C)C(=O)Nc2ccc(Cl)cc2)c1. The lowest BCUT2D eigenvalue weighted by molar-refractivity contribution is -0.148.